The van der Waals surface area contributed by atoms with Gasteiger partial charge in [0.05, 0.1) is 11.1 Å². The average molecular weight is 332 g/mol. The zero-order valence-corrected chi connectivity index (χ0v) is 13.6. The molecule has 0 fully saturated rings. The molecule has 0 aliphatic heterocycles. The van der Waals surface area contributed by atoms with E-state index in [0.717, 1.165) is 5.56 Å². The fraction of sp³-hybridized carbons (Fsp3) is 0.0526. The van der Waals surface area contributed by atoms with Crippen LogP contribution in [-0.2, 0) is 0 Å². The lowest BCUT2D eigenvalue weighted by atomic mass is 10.1. The molecule has 2 amide bonds. The Morgan fingerprint density at radius 1 is 0.760 bits per heavy atom. The highest BCUT2D eigenvalue weighted by Gasteiger charge is 2.12. The molecule has 0 unspecified atom stereocenters. The van der Waals surface area contributed by atoms with Crippen molar-refractivity contribution in [2.75, 3.05) is 10.6 Å². The Hall–Kier alpha value is -3.54. The molecule has 3 aromatic rings. The predicted molar refractivity (Wildman–Crippen MR) is 95.6 cm³/mol. The average Bonchev–Trinajstić information content (AvgIpc) is 2.66. The maximum absolute atomic E-state index is 12.3. The molecule has 2 aromatic heterocycles. The summed E-state index contributed by atoms with van der Waals surface area (Å²) in [6, 6.07) is 12.1. The van der Waals surface area contributed by atoms with E-state index in [1.54, 1.807) is 54.9 Å². The quantitative estimate of drug-likeness (QED) is 0.768. The number of hydrogen-bond acceptors (Lipinski definition) is 4. The van der Waals surface area contributed by atoms with E-state index in [-0.39, 0.29) is 11.8 Å². The van der Waals surface area contributed by atoms with E-state index in [0.29, 0.717) is 22.5 Å². The SMILES string of the molecule is Cc1c(NC(=O)c2cccnc2)cccc1NC(=O)c1cccnc1. The Bertz CT molecular complexity index is 824. The molecule has 6 nitrogen and oxygen atoms in total. The lowest BCUT2D eigenvalue weighted by molar-refractivity contribution is 0.101. The number of nitrogens with zero attached hydrogens (tertiary/aromatic N) is 2. The van der Waals surface area contributed by atoms with Crippen LogP contribution >= 0.6 is 0 Å². The van der Waals surface area contributed by atoms with Gasteiger partial charge in [-0.2, -0.15) is 0 Å². The number of pyridine rings is 2. The number of anilines is 2. The molecule has 2 heterocycles. The predicted octanol–water partition coefficient (Wildman–Crippen LogP) is 3.29. The van der Waals surface area contributed by atoms with E-state index in [1.807, 2.05) is 6.92 Å². The van der Waals surface area contributed by atoms with E-state index >= 15 is 0 Å². The Morgan fingerprint density at radius 3 is 1.64 bits per heavy atom. The summed E-state index contributed by atoms with van der Waals surface area (Å²) in [4.78, 5) is 32.4. The third-order valence-corrected chi connectivity index (χ3v) is 3.68. The number of benzene rings is 1. The molecular formula is C19H16N4O2. The fourth-order valence-electron chi connectivity index (χ4n) is 2.29. The van der Waals surface area contributed by atoms with Gasteiger partial charge in [0, 0.05) is 36.2 Å². The monoisotopic (exact) mass is 332 g/mol. The maximum atomic E-state index is 12.3. The lowest BCUT2D eigenvalue weighted by Gasteiger charge is -2.13. The molecule has 3 rings (SSSR count). The van der Waals surface area contributed by atoms with E-state index in [1.165, 1.54) is 12.4 Å². The van der Waals surface area contributed by atoms with Gasteiger partial charge < -0.3 is 10.6 Å². The Kier molecular flexibility index (Phi) is 4.80. The minimum atomic E-state index is -0.257. The second-order valence-corrected chi connectivity index (χ2v) is 5.37. The molecule has 0 aliphatic rings. The van der Waals surface area contributed by atoms with Gasteiger partial charge in [-0.15, -0.1) is 0 Å². The molecule has 0 radical (unpaired) electrons. The van der Waals surface area contributed by atoms with Crippen molar-refractivity contribution >= 4 is 23.2 Å². The number of rotatable bonds is 4. The van der Waals surface area contributed by atoms with Crippen LogP contribution in [0, 0.1) is 6.92 Å². The van der Waals surface area contributed by atoms with E-state index in [9.17, 15) is 9.59 Å². The molecule has 0 saturated carbocycles. The summed E-state index contributed by atoms with van der Waals surface area (Å²) < 4.78 is 0. The van der Waals surface area contributed by atoms with Crippen LogP contribution < -0.4 is 10.6 Å². The van der Waals surface area contributed by atoms with Gasteiger partial charge in [-0.25, -0.2) is 0 Å². The largest absolute Gasteiger partial charge is 0.322 e. The molecule has 124 valence electrons. The van der Waals surface area contributed by atoms with Crippen molar-refractivity contribution in [3.8, 4) is 0 Å². The smallest absolute Gasteiger partial charge is 0.257 e. The first-order valence-corrected chi connectivity index (χ1v) is 7.67. The second-order valence-electron chi connectivity index (χ2n) is 5.37. The summed E-state index contributed by atoms with van der Waals surface area (Å²) in [5.74, 6) is -0.515. The van der Waals surface area contributed by atoms with Crippen molar-refractivity contribution in [2.45, 2.75) is 6.92 Å². The van der Waals surface area contributed by atoms with E-state index in [4.69, 9.17) is 0 Å². The van der Waals surface area contributed by atoms with Crippen molar-refractivity contribution in [3.63, 3.8) is 0 Å². The minimum absolute atomic E-state index is 0.257. The van der Waals surface area contributed by atoms with Crippen LogP contribution in [0.2, 0.25) is 0 Å². The topological polar surface area (TPSA) is 84.0 Å². The summed E-state index contributed by atoms with van der Waals surface area (Å²) in [5, 5.41) is 5.67. The van der Waals surface area contributed by atoms with Crippen LogP contribution in [0.3, 0.4) is 0 Å². The zero-order valence-electron chi connectivity index (χ0n) is 13.6. The zero-order chi connectivity index (χ0) is 17.6. The Morgan fingerprint density at radius 2 is 1.24 bits per heavy atom. The lowest BCUT2D eigenvalue weighted by Crippen LogP contribution is -2.16. The number of amides is 2. The van der Waals surface area contributed by atoms with Gasteiger partial charge in [-0.1, -0.05) is 6.07 Å². The van der Waals surface area contributed by atoms with Gasteiger partial charge in [-0.05, 0) is 48.9 Å². The van der Waals surface area contributed by atoms with Crippen molar-refractivity contribution in [1.29, 1.82) is 0 Å². The second kappa shape index (κ2) is 7.35. The van der Waals surface area contributed by atoms with Crippen LogP contribution in [0.25, 0.3) is 0 Å². The first-order valence-electron chi connectivity index (χ1n) is 7.67. The molecule has 1 aromatic carbocycles. The maximum Gasteiger partial charge on any atom is 0.257 e. The highest BCUT2D eigenvalue weighted by atomic mass is 16.2. The Labute approximate surface area is 145 Å². The number of nitrogens with one attached hydrogen (secondary N) is 2. The third kappa shape index (κ3) is 3.87. The first-order chi connectivity index (χ1) is 12.1. The van der Waals surface area contributed by atoms with Crippen LogP contribution in [0.15, 0.2) is 67.3 Å². The first kappa shape index (κ1) is 16.3. The summed E-state index contributed by atoms with van der Waals surface area (Å²) >= 11 is 0. The highest BCUT2D eigenvalue weighted by Crippen LogP contribution is 2.24. The fourth-order valence-corrected chi connectivity index (χ4v) is 2.29. The number of aromatic nitrogens is 2. The standard InChI is InChI=1S/C19H16N4O2/c1-13-16(22-18(24)14-5-3-9-20-11-14)7-2-8-17(13)23-19(25)15-6-4-10-21-12-15/h2-12H,1H3,(H,22,24)(H,23,25). The molecule has 0 atom stereocenters. The molecular weight excluding hydrogens is 316 g/mol. The van der Waals surface area contributed by atoms with Gasteiger partial charge in [0.2, 0.25) is 0 Å². The molecule has 0 aliphatic carbocycles. The number of carbonyl (C=O) groups is 2. The molecule has 0 spiro atoms. The van der Waals surface area contributed by atoms with Crippen molar-refractivity contribution in [1.82, 2.24) is 9.97 Å². The van der Waals surface area contributed by atoms with Crippen LogP contribution in [-0.4, -0.2) is 21.8 Å². The van der Waals surface area contributed by atoms with Crippen molar-refractivity contribution < 1.29 is 9.59 Å². The van der Waals surface area contributed by atoms with Gasteiger partial charge in [-0.3, -0.25) is 19.6 Å². The molecule has 2 N–H and O–H groups in total. The van der Waals surface area contributed by atoms with Crippen molar-refractivity contribution in [2.24, 2.45) is 0 Å². The van der Waals surface area contributed by atoms with E-state index in [2.05, 4.69) is 20.6 Å². The molecule has 6 heteroatoms. The number of carbonyl (C=O) groups excluding carboxylic acids is 2. The van der Waals surface area contributed by atoms with Gasteiger partial charge in [0.1, 0.15) is 0 Å². The summed E-state index contributed by atoms with van der Waals surface area (Å²) in [6.45, 7) is 1.83. The van der Waals surface area contributed by atoms with Gasteiger partial charge in [0.15, 0.2) is 0 Å². The summed E-state index contributed by atoms with van der Waals surface area (Å²) in [6.07, 6.45) is 6.21. The van der Waals surface area contributed by atoms with Crippen LogP contribution in [0.5, 0.6) is 0 Å². The highest BCUT2D eigenvalue weighted by molar-refractivity contribution is 6.07. The van der Waals surface area contributed by atoms with Gasteiger partial charge >= 0.3 is 0 Å². The third-order valence-electron chi connectivity index (χ3n) is 3.68. The molecule has 25 heavy (non-hydrogen) atoms. The number of hydrogen-bond donors (Lipinski definition) is 2. The van der Waals surface area contributed by atoms with Crippen molar-refractivity contribution in [3.05, 3.63) is 83.9 Å². The van der Waals surface area contributed by atoms with Crippen LogP contribution in [0.4, 0.5) is 11.4 Å². The summed E-state index contributed by atoms with van der Waals surface area (Å²) in [5.41, 5.74) is 2.94. The van der Waals surface area contributed by atoms with Crippen LogP contribution in [0.1, 0.15) is 26.3 Å². The Balaban J connectivity index is 1.78. The normalized spacial score (nSPS) is 10.1. The minimum Gasteiger partial charge on any atom is -0.322 e. The molecule has 0 saturated heterocycles. The molecule has 0 bridgehead atoms. The summed E-state index contributed by atoms with van der Waals surface area (Å²) in [7, 11) is 0. The van der Waals surface area contributed by atoms with Gasteiger partial charge in [0.25, 0.3) is 11.8 Å². The van der Waals surface area contributed by atoms with E-state index < -0.39 is 0 Å².